The molecule has 0 amide bonds. The van der Waals surface area contributed by atoms with Crippen molar-refractivity contribution in [2.75, 3.05) is 20.2 Å². The van der Waals surface area contributed by atoms with E-state index < -0.39 is 0 Å². The molecule has 0 aliphatic carbocycles. The zero-order valence-corrected chi connectivity index (χ0v) is 17.0. The van der Waals surface area contributed by atoms with Gasteiger partial charge in [0.05, 0.1) is 13.5 Å². The number of hydrogen-bond donors (Lipinski definition) is 1. The molecule has 0 saturated carbocycles. The first-order valence-corrected chi connectivity index (χ1v) is 10.7. The van der Waals surface area contributed by atoms with Gasteiger partial charge in [0.25, 0.3) is 0 Å². The highest BCUT2D eigenvalue weighted by Gasteiger charge is 1.97. The summed E-state index contributed by atoms with van der Waals surface area (Å²) < 4.78 is 4.59. The normalized spacial score (nSPS) is 11.3. The van der Waals surface area contributed by atoms with Crippen LogP contribution in [0.1, 0.15) is 103 Å². The monoisotopic (exact) mass is 353 g/mol. The van der Waals surface area contributed by atoms with Crippen LogP contribution >= 0.6 is 0 Å². The Morgan fingerprint density at radius 2 is 1.32 bits per heavy atom. The maximum absolute atomic E-state index is 10.9. The van der Waals surface area contributed by atoms with Crippen LogP contribution in [0.2, 0.25) is 0 Å². The number of esters is 1. The van der Waals surface area contributed by atoms with Crippen molar-refractivity contribution in [1.82, 2.24) is 5.32 Å². The molecular weight excluding hydrogens is 310 g/mol. The van der Waals surface area contributed by atoms with Crippen LogP contribution in [0.15, 0.2) is 12.2 Å². The summed E-state index contributed by atoms with van der Waals surface area (Å²) in [5.41, 5.74) is 0. The lowest BCUT2D eigenvalue weighted by Crippen LogP contribution is -2.18. The zero-order chi connectivity index (χ0) is 18.4. The number of ether oxygens (including phenoxy) is 1. The Morgan fingerprint density at radius 1 is 0.800 bits per heavy atom. The maximum Gasteiger partial charge on any atom is 0.306 e. The van der Waals surface area contributed by atoms with Crippen LogP contribution in [0, 0.1) is 0 Å². The predicted octanol–water partition coefficient (Wildman–Crippen LogP) is 6.18. The van der Waals surface area contributed by atoms with E-state index in [0.29, 0.717) is 13.0 Å². The molecular formula is C22H43NO2. The van der Waals surface area contributed by atoms with Crippen molar-refractivity contribution in [3.8, 4) is 0 Å². The number of unbranched alkanes of at least 4 members (excludes halogenated alkanes) is 13. The molecule has 0 fully saturated rings. The number of hydrogen-bond acceptors (Lipinski definition) is 3. The Morgan fingerprint density at radius 3 is 1.84 bits per heavy atom. The highest BCUT2D eigenvalue weighted by atomic mass is 16.5. The van der Waals surface area contributed by atoms with Crippen molar-refractivity contribution in [2.24, 2.45) is 0 Å². The van der Waals surface area contributed by atoms with E-state index in [2.05, 4.69) is 29.1 Å². The van der Waals surface area contributed by atoms with Crippen molar-refractivity contribution in [3.05, 3.63) is 12.2 Å². The second-order valence-corrected chi connectivity index (χ2v) is 7.03. The number of carbonyl (C=O) groups excluding carboxylic acids is 1. The maximum atomic E-state index is 10.9. The first-order valence-electron chi connectivity index (χ1n) is 10.7. The molecule has 0 rings (SSSR count). The van der Waals surface area contributed by atoms with Gasteiger partial charge in [-0.3, -0.25) is 4.79 Å². The molecule has 0 aliphatic rings. The smallest absolute Gasteiger partial charge is 0.306 e. The summed E-state index contributed by atoms with van der Waals surface area (Å²) in [7, 11) is 1.43. The summed E-state index contributed by atoms with van der Waals surface area (Å²) in [5, 5.41) is 3.21. The van der Waals surface area contributed by atoms with Crippen LogP contribution in [-0.2, 0) is 9.53 Å². The Bertz CT molecular complexity index is 302. The average Bonchev–Trinajstić information content (AvgIpc) is 2.63. The summed E-state index contributed by atoms with van der Waals surface area (Å²) in [6, 6.07) is 0. The molecule has 0 aliphatic heterocycles. The third kappa shape index (κ3) is 21.1. The number of methoxy groups -OCH3 is 1. The molecule has 0 spiro atoms. The Labute approximate surface area is 157 Å². The number of nitrogens with one attached hydrogen (secondary N) is 1. The summed E-state index contributed by atoms with van der Waals surface area (Å²) in [5.74, 6) is -0.150. The molecule has 0 saturated heterocycles. The van der Waals surface area contributed by atoms with Gasteiger partial charge in [0.2, 0.25) is 0 Å². The molecule has 148 valence electrons. The molecule has 25 heavy (non-hydrogen) atoms. The van der Waals surface area contributed by atoms with Gasteiger partial charge in [0, 0.05) is 13.1 Å². The molecule has 0 aromatic heterocycles. The van der Waals surface area contributed by atoms with Crippen molar-refractivity contribution >= 4 is 5.97 Å². The van der Waals surface area contributed by atoms with E-state index in [1.54, 1.807) is 0 Å². The van der Waals surface area contributed by atoms with Crippen LogP contribution < -0.4 is 5.32 Å². The van der Waals surface area contributed by atoms with E-state index in [9.17, 15) is 4.79 Å². The summed E-state index contributed by atoms with van der Waals surface area (Å²) in [4.78, 5) is 10.9. The Hall–Kier alpha value is -0.830. The van der Waals surface area contributed by atoms with Gasteiger partial charge in [-0.05, 0) is 12.8 Å². The Kier molecular flexibility index (Phi) is 20.5. The minimum atomic E-state index is -0.150. The van der Waals surface area contributed by atoms with Gasteiger partial charge in [-0.1, -0.05) is 96.1 Å². The minimum absolute atomic E-state index is 0.150. The van der Waals surface area contributed by atoms with Gasteiger partial charge >= 0.3 is 5.97 Å². The highest BCUT2D eigenvalue weighted by Crippen LogP contribution is 2.12. The van der Waals surface area contributed by atoms with Gasteiger partial charge in [-0.15, -0.1) is 0 Å². The molecule has 3 heteroatoms. The summed E-state index contributed by atoms with van der Waals surface area (Å²) >= 11 is 0. The second kappa shape index (κ2) is 21.2. The summed E-state index contributed by atoms with van der Waals surface area (Å²) in [6.07, 6.45) is 24.4. The molecule has 0 aromatic rings. The topological polar surface area (TPSA) is 38.3 Å². The van der Waals surface area contributed by atoms with E-state index in [0.717, 1.165) is 6.54 Å². The average molecular weight is 354 g/mol. The van der Waals surface area contributed by atoms with Crippen LogP contribution in [0.4, 0.5) is 0 Å². The third-order valence-electron chi connectivity index (χ3n) is 4.64. The van der Waals surface area contributed by atoms with Crippen LogP contribution in [0.5, 0.6) is 0 Å². The molecule has 3 nitrogen and oxygen atoms in total. The molecule has 0 unspecified atom stereocenters. The number of allylic oxidation sites excluding steroid dienone is 1. The fourth-order valence-electron chi connectivity index (χ4n) is 2.96. The van der Waals surface area contributed by atoms with Gasteiger partial charge in [-0.25, -0.2) is 0 Å². The van der Waals surface area contributed by atoms with Crippen molar-refractivity contribution < 1.29 is 9.53 Å². The summed E-state index contributed by atoms with van der Waals surface area (Å²) in [6.45, 7) is 3.81. The van der Waals surface area contributed by atoms with E-state index in [1.807, 2.05) is 0 Å². The molecule has 0 bridgehead atoms. The van der Waals surface area contributed by atoms with E-state index >= 15 is 0 Å². The largest absolute Gasteiger partial charge is 0.469 e. The van der Waals surface area contributed by atoms with E-state index in [-0.39, 0.29) is 5.97 Å². The molecule has 0 heterocycles. The Balaban J connectivity index is 3.09. The fraction of sp³-hybridized carbons (Fsp3) is 0.864. The lowest BCUT2D eigenvalue weighted by molar-refractivity contribution is -0.140. The van der Waals surface area contributed by atoms with Crippen molar-refractivity contribution in [1.29, 1.82) is 0 Å². The van der Waals surface area contributed by atoms with Crippen LogP contribution in [0.25, 0.3) is 0 Å². The van der Waals surface area contributed by atoms with Crippen LogP contribution in [0.3, 0.4) is 0 Å². The van der Waals surface area contributed by atoms with Gasteiger partial charge in [-0.2, -0.15) is 0 Å². The standard InChI is InChI=1S/C22H43NO2/c1-3-4-5-6-7-8-9-10-11-12-13-14-15-16-17-18-20-23-21-19-22(24)25-2/h17-18,23H,3-16,19-21H2,1-2H3. The van der Waals surface area contributed by atoms with Crippen molar-refractivity contribution in [2.45, 2.75) is 103 Å². The first-order chi connectivity index (χ1) is 12.3. The van der Waals surface area contributed by atoms with Gasteiger partial charge in [0.1, 0.15) is 0 Å². The lowest BCUT2D eigenvalue weighted by Gasteiger charge is -2.02. The molecule has 0 atom stereocenters. The van der Waals surface area contributed by atoms with E-state index in [4.69, 9.17) is 0 Å². The fourth-order valence-corrected chi connectivity index (χ4v) is 2.96. The molecule has 0 aromatic carbocycles. The number of rotatable bonds is 19. The SMILES string of the molecule is CCCCCCCCCCCCCCCC=CCNCCC(=O)OC. The minimum Gasteiger partial charge on any atom is -0.469 e. The number of carbonyl (C=O) groups is 1. The molecule has 0 radical (unpaired) electrons. The zero-order valence-electron chi connectivity index (χ0n) is 17.0. The predicted molar refractivity (Wildman–Crippen MR) is 109 cm³/mol. The highest BCUT2D eigenvalue weighted by molar-refractivity contribution is 5.69. The lowest BCUT2D eigenvalue weighted by atomic mass is 10.0. The van der Waals surface area contributed by atoms with E-state index in [1.165, 1.54) is 97.0 Å². The third-order valence-corrected chi connectivity index (χ3v) is 4.64. The molecule has 1 N–H and O–H groups in total. The van der Waals surface area contributed by atoms with Crippen molar-refractivity contribution in [3.63, 3.8) is 0 Å². The quantitative estimate of drug-likeness (QED) is 0.171. The van der Waals surface area contributed by atoms with Crippen LogP contribution in [-0.4, -0.2) is 26.2 Å². The first kappa shape index (κ1) is 24.2. The van der Waals surface area contributed by atoms with Gasteiger partial charge < -0.3 is 10.1 Å². The second-order valence-electron chi connectivity index (χ2n) is 7.03. The van der Waals surface area contributed by atoms with Gasteiger partial charge in [0.15, 0.2) is 0 Å².